The third-order valence-corrected chi connectivity index (χ3v) is 2.93. The van der Waals surface area contributed by atoms with Crippen molar-refractivity contribution in [3.05, 3.63) is 40.8 Å². The van der Waals surface area contributed by atoms with Crippen LogP contribution in [0.2, 0.25) is 0 Å². The first-order valence-electron chi connectivity index (χ1n) is 5.73. The fourth-order valence-corrected chi connectivity index (χ4v) is 1.79. The molecule has 1 aromatic heterocycles. The summed E-state index contributed by atoms with van der Waals surface area (Å²) in [5, 5.41) is 0. The molecule has 0 amide bonds. The lowest BCUT2D eigenvalue weighted by atomic mass is 10.3. The van der Waals surface area contributed by atoms with E-state index < -0.39 is 5.97 Å². The van der Waals surface area contributed by atoms with Gasteiger partial charge in [-0.05, 0) is 31.2 Å². The molecule has 0 unspecified atom stereocenters. The first-order valence-corrected chi connectivity index (χ1v) is 6.53. The van der Waals surface area contributed by atoms with Crippen molar-refractivity contribution in [3.63, 3.8) is 0 Å². The van der Waals surface area contributed by atoms with Gasteiger partial charge in [-0.25, -0.2) is 9.78 Å². The second kappa shape index (κ2) is 5.88. The van der Waals surface area contributed by atoms with Gasteiger partial charge in [0.05, 0.1) is 12.9 Å². The Morgan fingerprint density at radius 3 is 2.68 bits per heavy atom. The second-order valence-electron chi connectivity index (χ2n) is 3.79. The van der Waals surface area contributed by atoms with Crippen molar-refractivity contribution in [1.82, 2.24) is 9.55 Å². The molecule has 1 aromatic carbocycles. The van der Waals surface area contributed by atoms with E-state index in [0.29, 0.717) is 18.1 Å². The summed E-state index contributed by atoms with van der Waals surface area (Å²) < 4.78 is 13.1. The summed E-state index contributed by atoms with van der Waals surface area (Å²) in [4.78, 5) is 15.9. The standard InChI is InChI=1S/C13H13BrN2O3/c1-3-18-13(17)11-12(15-8-16(11)2)19-10-6-4-9(14)5-7-10/h4-8H,3H2,1-2H3. The number of carbonyl (C=O) groups is 1. The van der Waals surface area contributed by atoms with Gasteiger partial charge in [0.1, 0.15) is 5.75 Å². The van der Waals surface area contributed by atoms with Crippen LogP contribution in [0.1, 0.15) is 17.4 Å². The average molecular weight is 325 g/mol. The highest BCUT2D eigenvalue weighted by molar-refractivity contribution is 9.10. The number of carbonyl (C=O) groups excluding carboxylic acids is 1. The predicted molar refractivity (Wildman–Crippen MR) is 73.4 cm³/mol. The average Bonchev–Trinajstić information content (AvgIpc) is 2.74. The zero-order valence-electron chi connectivity index (χ0n) is 10.6. The lowest BCUT2D eigenvalue weighted by molar-refractivity contribution is 0.0512. The maximum absolute atomic E-state index is 11.8. The van der Waals surface area contributed by atoms with Gasteiger partial charge in [-0.1, -0.05) is 15.9 Å². The molecule has 0 aliphatic heterocycles. The molecule has 2 aromatic rings. The number of imidazole rings is 1. The van der Waals surface area contributed by atoms with Gasteiger partial charge in [-0.2, -0.15) is 0 Å². The molecule has 0 aliphatic carbocycles. The van der Waals surface area contributed by atoms with Crippen LogP contribution in [-0.2, 0) is 11.8 Å². The number of esters is 1. The van der Waals surface area contributed by atoms with E-state index in [4.69, 9.17) is 9.47 Å². The molecule has 0 spiro atoms. The molecule has 0 N–H and O–H groups in total. The summed E-state index contributed by atoms with van der Waals surface area (Å²) in [6.07, 6.45) is 1.51. The van der Waals surface area contributed by atoms with Crippen LogP contribution in [-0.4, -0.2) is 22.1 Å². The van der Waals surface area contributed by atoms with Gasteiger partial charge in [0, 0.05) is 11.5 Å². The number of benzene rings is 1. The summed E-state index contributed by atoms with van der Waals surface area (Å²) in [5.74, 6) is 0.394. The lowest BCUT2D eigenvalue weighted by Gasteiger charge is -2.06. The van der Waals surface area contributed by atoms with Crippen LogP contribution in [0.25, 0.3) is 0 Å². The number of hydrogen-bond acceptors (Lipinski definition) is 4. The van der Waals surface area contributed by atoms with E-state index in [1.165, 1.54) is 6.33 Å². The molecule has 0 aliphatic rings. The van der Waals surface area contributed by atoms with E-state index in [0.717, 1.165) is 4.47 Å². The molecule has 0 saturated carbocycles. The van der Waals surface area contributed by atoms with E-state index in [2.05, 4.69) is 20.9 Å². The minimum atomic E-state index is -0.449. The maximum atomic E-state index is 11.8. The van der Waals surface area contributed by atoms with Crippen LogP contribution < -0.4 is 4.74 Å². The van der Waals surface area contributed by atoms with Crippen LogP contribution in [0.3, 0.4) is 0 Å². The smallest absolute Gasteiger partial charge is 0.360 e. The number of nitrogens with zero attached hydrogens (tertiary/aromatic N) is 2. The molecule has 19 heavy (non-hydrogen) atoms. The van der Waals surface area contributed by atoms with Crippen molar-refractivity contribution in [2.45, 2.75) is 6.92 Å². The fraction of sp³-hybridized carbons (Fsp3) is 0.231. The molecule has 6 heteroatoms. The second-order valence-corrected chi connectivity index (χ2v) is 4.70. The molecule has 1 heterocycles. The van der Waals surface area contributed by atoms with Gasteiger partial charge >= 0.3 is 5.97 Å². The largest absolute Gasteiger partial charge is 0.461 e. The molecule has 100 valence electrons. The highest BCUT2D eigenvalue weighted by Gasteiger charge is 2.20. The van der Waals surface area contributed by atoms with Gasteiger partial charge in [0.25, 0.3) is 5.88 Å². The number of ether oxygens (including phenoxy) is 2. The number of rotatable bonds is 4. The lowest BCUT2D eigenvalue weighted by Crippen LogP contribution is -2.10. The first-order chi connectivity index (χ1) is 9.11. The van der Waals surface area contributed by atoms with Crippen LogP contribution >= 0.6 is 15.9 Å². The summed E-state index contributed by atoms with van der Waals surface area (Å²) in [5.41, 5.74) is 0.296. The van der Waals surface area contributed by atoms with E-state index in [9.17, 15) is 4.79 Å². The monoisotopic (exact) mass is 324 g/mol. The third kappa shape index (κ3) is 3.14. The summed E-state index contributed by atoms with van der Waals surface area (Å²) in [6.45, 7) is 2.06. The fourth-order valence-electron chi connectivity index (χ4n) is 1.53. The van der Waals surface area contributed by atoms with Crippen LogP contribution in [0.4, 0.5) is 0 Å². The number of hydrogen-bond donors (Lipinski definition) is 0. The van der Waals surface area contributed by atoms with Crippen molar-refractivity contribution in [1.29, 1.82) is 0 Å². The van der Waals surface area contributed by atoms with E-state index in [-0.39, 0.29) is 5.88 Å². The molecule has 5 nitrogen and oxygen atoms in total. The van der Waals surface area contributed by atoms with Crippen molar-refractivity contribution >= 4 is 21.9 Å². The van der Waals surface area contributed by atoms with Gasteiger partial charge in [0.2, 0.25) is 0 Å². The molecular formula is C13H13BrN2O3. The normalized spacial score (nSPS) is 10.3. The minimum Gasteiger partial charge on any atom is -0.461 e. The van der Waals surface area contributed by atoms with E-state index in [1.54, 1.807) is 30.7 Å². The van der Waals surface area contributed by atoms with Crippen molar-refractivity contribution in [2.24, 2.45) is 7.05 Å². The van der Waals surface area contributed by atoms with Crippen molar-refractivity contribution < 1.29 is 14.3 Å². The Morgan fingerprint density at radius 2 is 2.05 bits per heavy atom. The van der Waals surface area contributed by atoms with Gasteiger partial charge < -0.3 is 14.0 Å². The highest BCUT2D eigenvalue weighted by Crippen LogP contribution is 2.25. The molecule has 0 bridgehead atoms. The maximum Gasteiger partial charge on any atom is 0.360 e. The van der Waals surface area contributed by atoms with Gasteiger partial charge in [0.15, 0.2) is 5.69 Å². The van der Waals surface area contributed by atoms with Crippen LogP contribution in [0.15, 0.2) is 35.1 Å². The zero-order chi connectivity index (χ0) is 13.8. The molecule has 0 saturated heterocycles. The predicted octanol–water partition coefficient (Wildman–Crippen LogP) is 3.15. The highest BCUT2D eigenvalue weighted by atomic mass is 79.9. The summed E-state index contributed by atoms with van der Waals surface area (Å²) in [7, 11) is 1.72. The molecule has 2 rings (SSSR count). The Morgan fingerprint density at radius 1 is 1.37 bits per heavy atom. The first kappa shape index (κ1) is 13.6. The topological polar surface area (TPSA) is 53.4 Å². The van der Waals surface area contributed by atoms with Crippen LogP contribution in [0, 0.1) is 0 Å². The van der Waals surface area contributed by atoms with Crippen LogP contribution in [0.5, 0.6) is 11.6 Å². The molecule has 0 radical (unpaired) electrons. The molecule has 0 fully saturated rings. The van der Waals surface area contributed by atoms with Crippen molar-refractivity contribution in [3.8, 4) is 11.6 Å². The minimum absolute atomic E-state index is 0.239. The third-order valence-electron chi connectivity index (χ3n) is 2.40. The Hall–Kier alpha value is -1.82. The Balaban J connectivity index is 2.25. The van der Waals surface area contributed by atoms with Gasteiger partial charge in [-0.3, -0.25) is 0 Å². The Labute approximate surface area is 119 Å². The molecule has 0 atom stereocenters. The van der Waals surface area contributed by atoms with Gasteiger partial charge in [-0.15, -0.1) is 0 Å². The molecular weight excluding hydrogens is 312 g/mol. The SMILES string of the molecule is CCOC(=O)c1c(Oc2ccc(Br)cc2)ncn1C. The zero-order valence-corrected chi connectivity index (χ0v) is 12.2. The summed E-state index contributed by atoms with van der Waals surface area (Å²) in [6, 6.07) is 7.27. The number of aromatic nitrogens is 2. The Bertz CT molecular complexity index is 578. The number of aryl methyl sites for hydroxylation is 1. The number of halogens is 1. The summed E-state index contributed by atoms with van der Waals surface area (Å²) >= 11 is 3.34. The quantitative estimate of drug-likeness (QED) is 0.811. The van der Waals surface area contributed by atoms with E-state index in [1.807, 2.05) is 12.1 Å². The Kier molecular flexibility index (Phi) is 4.21. The van der Waals surface area contributed by atoms with E-state index >= 15 is 0 Å². The van der Waals surface area contributed by atoms with Crippen molar-refractivity contribution in [2.75, 3.05) is 6.61 Å².